The third-order valence-corrected chi connectivity index (χ3v) is 14.0. The molecule has 0 spiro atoms. The summed E-state index contributed by atoms with van der Waals surface area (Å²) in [5.74, 6) is -0.582. The van der Waals surface area contributed by atoms with E-state index in [0.29, 0.717) is 12.8 Å². The molecule has 0 aliphatic rings. The van der Waals surface area contributed by atoms with E-state index >= 15 is 0 Å². The summed E-state index contributed by atoms with van der Waals surface area (Å²) < 4.78 is 10.7. The Labute approximate surface area is 448 Å². The predicted molar refractivity (Wildman–Crippen MR) is 316 cm³/mol. The molecule has 5 heteroatoms. The minimum Gasteiger partial charge on any atom is -0.462 e. The third-order valence-electron chi connectivity index (χ3n) is 14.0. The van der Waals surface area contributed by atoms with E-state index in [1.54, 1.807) is 0 Å². The number of hydrogen-bond donors (Lipinski definition) is 1. The number of esters is 2. The van der Waals surface area contributed by atoms with Crippen LogP contribution in [0.4, 0.5) is 0 Å². The molecule has 1 atom stereocenters. The second-order valence-corrected chi connectivity index (χ2v) is 21.1. The van der Waals surface area contributed by atoms with Gasteiger partial charge in [-0.3, -0.25) is 9.59 Å². The number of carbonyl (C=O) groups is 2. The van der Waals surface area contributed by atoms with E-state index in [1.165, 1.54) is 225 Å². The highest BCUT2D eigenvalue weighted by atomic mass is 16.6. The van der Waals surface area contributed by atoms with Crippen LogP contribution >= 0.6 is 0 Å². The molecule has 0 radical (unpaired) electrons. The monoisotopic (exact) mass is 1000 g/mol. The maximum Gasteiger partial charge on any atom is 0.306 e. The van der Waals surface area contributed by atoms with Gasteiger partial charge in [-0.1, -0.05) is 299 Å². The lowest BCUT2D eigenvalue weighted by Gasteiger charge is -2.15. The summed E-state index contributed by atoms with van der Waals surface area (Å²) in [7, 11) is 0. The van der Waals surface area contributed by atoms with E-state index in [0.717, 1.165) is 70.6 Å². The third kappa shape index (κ3) is 59.9. The maximum absolute atomic E-state index is 12.3. The Morgan fingerprint density at radius 1 is 0.333 bits per heavy atom. The number of hydrogen-bond acceptors (Lipinski definition) is 5. The molecule has 1 N–H and O–H groups in total. The van der Waals surface area contributed by atoms with Crippen molar-refractivity contribution in [2.45, 2.75) is 328 Å². The summed E-state index contributed by atoms with van der Waals surface area (Å²) in [6.45, 7) is 4.06. The number of aliphatic hydroxyl groups is 1. The van der Waals surface area contributed by atoms with Gasteiger partial charge in [0.15, 0.2) is 6.10 Å². The molecule has 0 aromatic carbocycles. The van der Waals surface area contributed by atoms with Gasteiger partial charge in [-0.2, -0.15) is 0 Å². The second-order valence-electron chi connectivity index (χ2n) is 21.1. The molecule has 0 saturated carbocycles. The summed E-state index contributed by atoms with van der Waals surface area (Å²) in [6, 6.07) is 0. The molecule has 0 fully saturated rings. The molecule has 0 aliphatic heterocycles. The van der Waals surface area contributed by atoms with Crippen molar-refractivity contribution in [2.75, 3.05) is 13.2 Å². The minimum atomic E-state index is -0.777. The maximum atomic E-state index is 12.3. The van der Waals surface area contributed by atoms with E-state index in [-0.39, 0.29) is 25.2 Å². The lowest BCUT2D eigenvalue weighted by Crippen LogP contribution is -2.28. The van der Waals surface area contributed by atoms with Gasteiger partial charge in [0.25, 0.3) is 0 Å². The van der Waals surface area contributed by atoms with E-state index in [4.69, 9.17) is 9.47 Å². The fourth-order valence-electron chi connectivity index (χ4n) is 9.29. The highest BCUT2D eigenvalue weighted by Crippen LogP contribution is 2.17. The van der Waals surface area contributed by atoms with Crippen LogP contribution in [0.1, 0.15) is 322 Å². The van der Waals surface area contributed by atoms with Gasteiger partial charge in [0.05, 0.1) is 6.61 Å². The summed E-state index contributed by atoms with van der Waals surface area (Å²) in [6.07, 6.45) is 86.2. The van der Waals surface area contributed by atoms with Crippen LogP contribution < -0.4 is 0 Å². The fourth-order valence-corrected chi connectivity index (χ4v) is 9.29. The Hall–Kier alpha value is -2.66. The highest BCUT2D eigenvalue weighted by molar-refractivity contribution is 5.70. The molecular weight excluding hydrogens is 885 g/mol. The van der Waals surface area contributed by atoms with E-state index in [2.05, 4.69) is 86.8 Å². The Balaban J connectivity index is 3.45. The second kappa shape index (κ2) is 62.6. The fraction of sp³-hybridized carbons (Fsp3) is 0.791. The first kappa shape index (κ1) is 69.3. The van der Waals surface area contributed by atoms with Crippen molar-refractivity contribution in [3.8, 4) is 0 Å². The van der Waals surface area contributed by atoms with Gasteiger partial charge < -0.3 is 14.6 Å². The van der Waals surface area contributed by atoms with E-state index in [1.807, 2.05) is 0 Å². The van der Waals surface area contributed by atoms with Gasteiger partial charge in [0.1, 0.15) is 6.61 Å². The van der Waals surface area contributed by atoms with Crippen molar-refractivity contribution in [2.24, 2.45) is 0 Å². The molecule has 0 amide bonds. The van der Waals surface area contributed by atoms with Crippen molar-refractivity contribution >= 4 is 11.9 Å². The van der Waals surface area contributed by atoms with Gasteiger partial charge in [0, 0.05) is 12.8 Å². The Morgan fingerprint density at radius 2 is 0.597 bits per heavy atom. The molecular formula is C67H120O5. The molecule has 0 rings (SSSR count). The quantitative estimate of drug-likeness (QED) is 0.0373. The van der Waals surface area contributed by atoms with Crippen molar-refractivity contribution in [3.63, 3.8) is 0 Å². The first-order valence-corrected chi connectivity index (χ1v) is 31.5. The molecule has 0 heterocycles. The Bertz CT molecular complexity index is 1270. The normalized spacial score (nSPS) is 12.7. The summed E-state index contributed by atoms with van der Waals surface area (Å²) in [4.78, 5) is 24.6. The van der Waals surface area contributed by atoms with E-state index in [9.17, 15) is 14.7 Å². The van der Waals surface area contributed by atoms with Gasteiger partial charge in [0.2, 0.25) is 0 Å². The lowest BCUT2D eigenvalue weighted by molar-refractivity contribution is -0.161. The van der Waals surface area contributed by atoms with Crippen LogP contribution in [-0.2, 0) is 19.1 Å². The average Bonchev–Trinajstić information content (AvgIpc) is 3.38. The first-order valence-electron chi connectivity index (χ1n) is 31.5. The molecule has 418 valence electrons. The van der Waals surface area contributed by atoms with Crippen LogP contribution in [0.5, 0.6) is 0 Å². The molecule has 0 aromatic heterocycles. The number of allylic oxidation sites excluding steroid dienone is 12. The van der Waals surface area contributed by atoms with Gasteiger partial charge in [-0.05, 0) is 83.5 Å². The van der Waals surface area contributed by atoms with Crippen LogP contribution in [0.3, 0.4) is 0 Å². The molecule has 0 aromatic rings. The first-order chi connectivity index (χ1) is 35.6. The minimum absolute atomic E-state index is 0.0660. The zero-order valence-corrected chi connectivity index (χ0v) is 47.9. The summed E-state index contributed by atoms with van der Waals surface area (Å²) in [5, 5.41) is 9.68. The summed E-state index contributed by atoms with van der Waals surface area (Å²) >= 11 is 0. The van der Waals surface area contributed by atoms with Crippen LogP contribution in [0, 0.1) is 0 Å². The van der Waals surface area contributed by atoms with Crippen LogP contribution in [0.2, 0.25) is 0 Å². The highest BCUT2D eigenvalue weighted by Gasteiger charge is 2.16. The van der Waals surface area contributed by atoms with Gasteiger partial charge >= 0.3 is 11.9 Å². The van der Waals surface area contributed by atoms with Crippen molar-refractivity contribution in [1.82, 2.24) is 0 Å². The molecule has 1 unspecified atom stereocenters. The largest absolute Gasteiger partial charge is 0.462 e. The topological polar surface area (TPSA) is 72.8 Å². The van der Waals surface area contributed by atoms with E-state index < -0.39 is 6.10 Å². The molecule has 72 heavy (non-hydrogen) atoms. The zero-order chi connectivity index (χ0) is 52.0. The smallest absolute Gasteiger partial charge is 0.306 e. The van der Waals surface area contributed by atoms with Crippen LogP contribution in [0.15, 0.2) is 72.9 Å². The van der Waals surface area contributed by atoms with Gasteiger partial charge in [-0.15, -0.1) is 0 Å². The Morgan fingerprint density at radius 3 is 0.917 bits per heavy atom. The summed E-state index contributed by atoms with van der Waals surface area (Å²) in [5.41, 5.74) is 0. The molecule has 0 saturated heterocycles. The number of aliphatic hydroxyl groups excluding tert-OH is 1. The molecule has 5 nitrogen and oxygen atoms in total. The van der Waals surface area contributed by atoms with Crippen LogP contribution in [0.25, 0.3) is 0 Å². The van der Waals surface area contributed by atoms with Crippen molar-refractivity contribution in [3.05, 3.63) is 72.9 Å². The average molecular weight is 1010 g/mol. The predicted octanol–water partition coefficient (Wildman–Crippen LogP) is 21.5. The number of rotatable bonds is 58. The molecule has 0 aliphatic carbocycles. The van der Waals surface area contributed by atoms with Crippen molar-refractivity contribution < 1.29 is 24.2 Å². The number of ether oxygens (including phenoxy) is 2. The zero-order valence-electron chi connectivity index (χ0n) is 47.9. The Kier molecular flexibility index (Phi) is 60.3. The van der Waals surface area contributed by atoms with Gasteiger partial charge in [-0.25, -0.2) is 0 Å². The molecule has 0 bridgehead atoms. The van der Waals surface area contributed by atoms with Crippen LogP contribution in [-0.4, -0.2) is 36.4 Å². The number of unbranched alkanes of at least 4 members (excludes halogenated alkanes) is 38. The SMILES string of the molecule is CC/C=C\C/C=C\C/C=C\C/C=C\C/C=C\CCCCCCCCCCCCCC(=O)OC(CO)COC(=O)CCCCCCCCCCCCCCCCCCCCC/C=C\CCCCCCCCCC. The van der Waals surface area contributed by atoms with Crippen molar-refractivity contribution in [1.29, 1.82) is 0 Å². The standard InChI is InChI=1S/C67H120O5/c1-3-5-7-9-11-13-15-17-19-21-23-25-27-29-31-32-33-34-36-37-39-41-43-45-47-49-51-53-55-57-59-61-66(69)71-64-65(63-68)72-67(70)62-60-58-56-54-52-50-48-46-44-42-40-38-35-30-28-26-24-22-20-18-16-14-12-10-8-6-4-2/h6,8,12,14,18,20-21,23-24,26,30,35,65,68H,3-5,7,9-11,13,15-17,19,22,25,27-29,31-34,36-64H2,1-2H3/b8-6-,14-12-,20-18-,23-21-,26-24-,35-30-. The lowest BCUT2D eigenvalue weighted by atomic mass is 10.0. The number of carbonyl (C=O) groups excluding carboxylic acids is 2.